The van der Waals surface area contributed by atoms with Crippen molar-refractivity contribution in [2.45, 2.75) is 6.92 Å². The Hall–Kier alpha value is -2.07. The Morgan fingerprint density at radius 3 is 2.79 bits per heavy atom. The van der Waals surface area contributed by atoms with Crippen LogP contribution in [0.2, 0.25) is 5.02 Å². The maximum Gasteiger partial charge on any atom is 0.255 e. The van der Waals surface area contributed by atoms with Crippen molar-refractivity contribution in [3.8, 4) is 5.88 Å². The molecule has 0 radical (unpaired) electrons. The Kier molecular flexibility index (Phi) is 4.02. The zero-order valence-electron chi connectivity index (χ0n) is 10.6. The van der Waals surface area contributed by atoms with Gasteiger partial charge in [0.1, 0.15) is 0 Å². The fourth-order valence-electron chi connectivity index (χ4n) is 1.62. The Balaban J connectivity index is 2.20. The van der Waals surface area contributed by atoms with Gasteiger partial charge in [-0.1, -0.05) is 11.6 Å². The maximum absolute atomic E-state index is 12.1. The number of aromatic nitrogens is 1. The van der Waals surface area contributed by atoms with E-state index in [1.54, 1.807) is 30.3 Å². The first-order valence-corrected chi connectivity index (χ1v) is 6.05. The Morgan fingerprint density at radius 2 is 2.11 bits per heavy atom. The summed E-state index contributed by atoms with van der Waals surface area (Å²) in [5, 5.41) is 3.46. The number of carbonyl (C=O) groups is 1. The van der Waals surface area contributed by atoms with E-state index >= 15 is 0 Å². The molecule has 0 aliphatic heterocycles. The van der Waals surface area contributed by atoms with E-state index in [0.29, 0.717) is 16.5 Å². The topological polar surface area (TPSA) is 51.2 Å². The number of benzene rings is 1. The van der Waals surface area contributed by atoms with Gasteiger partial charge in [0, 0.05) is 28.5 Å². The van der Waals surface area contributed by atoms with E-state index in [0.717, 1.165) is 11.3 Å². The highest BCUT2D eigenvalue weighted by molar-refractivity contribution is 6.30. The standard InChI is InChI=1S/C14H13ClN2O2/c1-9-7-11(15)3-4-12(9)17-14(18)10-5-6-16-13(8-10)19-2/h3-8H,1-2H3,(H,17,18). The van der Waals surface area contributed by atoms with Crippen LogP contribution in [0.1, 0.15) is 15.9 Å². The van der Waals surface area contributed by atoms with Crippen molar-refractivity contribution in [3.05, 3.63) is 52.7 Å². The number of carbonyl (C=O) groups excluding carboxylic acids is 1. The number of ether oxygens (including phenoxy) is 1. The van der Waals surface area contributed by atoms with Gasteiger partial charge in [0.2, 0.25) is 5.88 Å². The number of nitrogens with one attached hydrogen (secondary N) is 1. The summed E-state index contributed by atoms with van der Waals surface area (Å²) >= 11 is 5.87. The molecule has 1 N–H and O–H groups in total. The third-order valence-electron chi connectivity index (χ3n) is 2.64. The van der Waals surface area contributed by atoms with Crippen LogP contribution in [-0.2, 0) is 0 Å². The number of pyridine rings is 1. The first-order chi connectivity index (χ1) is 9.10. The van der Waals surface area contributed by atoms with Crippen molar-refractivity contribution in [1.29, 1.82) is 0 Å². The number of aryl methyl sites for hydroxylation is 1. The summed E-state index contributed by atoms with van der Waals surface area (Å²) in [6.07, 6.45) is 1.53. The normalized spacial score (nSPS) is 10.1. The number of amides is 1. The number of anilines is 1. The molecule has 2 rings (SSSR count). The number of halogens is 1. The Morgan fingerprint density at radius 1 is 1.32 bits per heavy atom. The Bertz CT molecular complexity index is 614. The SMILES string of the molecule is COc1cc(C(=O)Nc2ccc(Cl)cc2C)ccn1. The summed E-state index contributed by atoms with van der Waals surface area (Å²) in [5.41, 5.74) is 2.12. The van der Waals surface area contributed by atoms with Crippen molar-refractivity contribution in [2.24, 2.45) is 0 Å². The van der Waals surface area contributed by atoms with Crippen LogP contribution in [-0.4, -0.2) is 18.0 Å². The molecule has 0 atom stereocenters. The average molecular weight is 277 g/mol. The van der Waals surface area contributed by atoms with E-state index in [1.165, 1.54) is 13.3 Å². The molecule has 1 aromatic carbocycles. The van der Waals surface area contributed by atoms with E-state index < -0.39 is 0 Å². The molecule has 1 aromatic heterocycles. The summed E-state index contributed by atoms with van der Waals surface area (Å²) in [4.78, 5) is 16.0. The van der Waals surface area contributed by atoms with Gasteiger partial charge in [0.25, 0.3) is 5.91 Å². The smallest absolute Gasteiger partial charge is 0.255 e. The van der Waals surface area contributed by atoms with Gasteiger partial charge in [-0.2, -0.15) is 0 Å². The van der Waals surface area contributed by atoms with E-state index in [2.05, 4.69) is 10.3 Å². The zero-order valence-corrected chi connectivity index (χ0v) is 11.4. The van der Waals surface area contributed by atoms with Crippen LogP contribution in [0.3, 0.4) is 0 Å². The lowest BCUT2D eigenvalue weighted by Crippen LogP contribution is -2.13. The zero-order chi connectivity index (χ0) is 13.8. The van der Waals surface area contributed by atoms with Crippen LogP contribution in [0, 0.1) is 6.92 Å². The molecule has 0 saturated heterocycles. The molecule has 0 spiro atoms. The number of hydrogen-bond acceptors (Lipinski definition) is 3. The molecule has 4 nitrogen and oxygen atoms in total. The minimum atomic E-state index is -0.217. The molecule has 0 unspecified atom stereocenters. The quantitative estimate of drug-likeness (QED) is 0.936. The molecule has 0 fully saturated rings. The van der Waals surface area contributed by atoms with Gasteiger partial charge in [0.05, 0.1) is 7.11 Å². The van der Waals surface area contributed by atoms with Crippen molar-refractivity contribution in [3.63, 3.8) is 0 Å². The highest BCUT2D eigenvalue weighted by Gasteiger charge is 2.09. The van der Waals surface area contributed by atoms with Crippen molar-refractivity contribution >= 4 is 23.2 Å². The van der Waals surface area contributed by atoms with E-state index in [9.17, 15) is 4.79 Å². The molecule has 1 amide bonds. The number of nitrogens with zero attached hydrogens (tertiary/aromatic N) is 1. The molecule has 1 heterocycles. The monoisotopic (exact) mass is 276 g/mol. The molecule has 98 valence electrons. The van der Waals surface area contributed by atoms with Gasteiger partial charge in [-0.15, -0.1) is 0 Å². The lowest BCUT2D eigenvalue weighted by atomic mass is 10.2. The molecule has 0 saturated carbocycles. The number of rotatable bonds is 3. The summed E-state index contributed by atoms with van der Waals surface area (Å²) < 4.78 is 4.99. The summed E-state index contributed by atoms with van der Waals surface area (Å²) in [7, 11) is 1.51. The van der Waals surface area contributed by atoms with Crippen molar-refractivity contribution < 1.29 is 9.53 Å². The summed E-state index contributed by atoms with van der Waals surface area (Å²) in [6, 6.07) is 8.51. The van der Waals surface area contributed by atoms with Gasteiger partial charge >= 0.3 is 0 Å². The highest BCUT2D eigenvalue weighted by Crippen LogP contribution is 2.20. The molecule has 2 aromatic rings. The summed E-state index contributed by atoms with van der Waals surface area (Å²) in [6.45, 7) is 1.88. The predicted octanol–water partition coefficient (Wildman–Crippen LogP) is 3.30. The van der Waals surface area contributed by atoms with Crippen LogP contribution in [0.4, 0.5) is 5.69 Å². The minimum Gasteiger partial charge on any atom is -0.481 e. The van der Waals surface area contributed by atoms with Crippen LogP contribution in [0.15, 0.2) is 36.5 Å². The van der Waals surface area contributed by atoms with E-state index in [4.69, 9.17) is 16.3 Å². The van der Waals surface area contributed by atoms with Gasteiger partial charge in [-0.3, -0.25) is 4.79 Å². The minimum absolute atomic E-state index is 0.217. The Labute approximate surface area is 116 Å². The largest absolute Gasteiger partial charge is 0.481 e. The van der Waals surface area contributed by atoms with Crippen LogP contribution >= 0.6 is 11.6 Å². The second-order valence-corrected chi connectivity index (χ2v) is 4.44. The molecule has 19 heavy (non-hydrogen) atoms. The molecule has 0 bridgehead atoms. The first-order valence-electron chi connectivity index (χ1n) is 5.67. The third-order valence-corrected chi connectivity index (χ3v) is 2.88. The summed E-state index contributed by atoms with van der Waals surface area (Å²) in [5.74, 6) is 0.187. The number of methoxy groups -OCH3 is 1. The predicted molar refractivity (Wildman–Crippen MR) is 74.9 cm³/mol. The fraction of sp³-hybridized carbons (Fsp3) is 0.143. The fourth-order valence-corrected chi connectivity index (χ4v) is 1.85. The molecular weight excluding hydrogens is 264 g/mol. The van der Waals surface area contributed by atoms with Gasteiger partial charge < -0.3 is 10.1 Å². The number of hydrogen-bond donors (Lipinski definition) is 1. The highest BCUT2D eigenvalue weighted by atomic mass is 35.5. The van der Waals surface area contributed by atoms with Gasteiger partial charge in [-0.25, -0.2) is 4.98 Å². The van der Waals surface area contributed by atoms with Gasteiger partial charge in [-0.05, 0) is 36.8 Å². The molecular formula is C14H13ClN2O2. The van der Waals surface area contributed by atoms with Crippen LogP contribution < -0.4 is 10.1 Å². The van der Waals surface area contributed by atoms with Crippen molar-refractivity contribution in [1.82, 2.24) is 4.98 Å². The average Bonchev–Trinajstić information content (AvgIpc) is 2.42. The second-order valence-electron chi connectivity index (χ2n) is 4.00. The third kappa shape index (κ3) is 3.23. The molecule has 5 heteroatoms. The maximum atomic E-state index is 12.1. The van der Waals surface area contributed by atoms with E-state index in [-0.39, 0.29) is 5.91 Å². The lowest BCUT2D eigenvalue weighted by molar-refractivity contribution is 0.102. The van der Waals surface area contributed by atoms with E-state index in [1.807, 2.05) is 6.92 Å². The molecule has 0 aliphatic carbocycles. The van der Waals surface area contributed by atoms with Crippen LogP contribution in [0.5, 0.6) is 5.88 Å². The molecule has 0 aliphatic rings. The second kappa shape index (κ2) is 5.71. The first kappa shape index (κ1) is 13.4. The van der Waals surface area contributed by atoms with Crippen molar-refractivity contribution in [2.75, 3.05) is 12.4 Å². The van der Waals surface area contributed by atoms with Gasteiger partial charge in [0.15, 0.2) is 0 Å². The lowest BCUT2D eigenvalue weighted by Gasteiger charge is -2.09. The van der Waals surface area contributed by atoms with Crippen LogP contribution in [0.25, 0.3) is 0 Å².